The van der Waals surface area contributed by atoms with Gasteiger partial charge in [-0.15, -0.1) is 0 Å². The summed E-state index contributed by atoms with van der Waals surface area (Å²) in [4.78, 5) is 23.2. The van der Waals surface area contributed by atoms with E-state index in [0.29, 0.717) is 29.3 Å². The summed E-state index contributed by atoms with van der Waals surface area (Å²) in [6.45, 7) is 4.19. The van der Waals surface area contributed by atoms with Crippen molar-refractivity contribution in [2.24, 2.45) is 5.92 Å². The molecule has 1 aliphatic rings. The number of aliphatic hydroxyl groups excluding tert-OH is 1. The number of anilines is 1. The fraction of sp³-hybridized carbons (Fsp3) is 0.467. The molecule has 114 valence electrons. The van der Waals surface area contributed by atoms with Crippen LogP contribution in [0.15, 0.2) is 18.2 Å². The number of carbonyl (C=O) groups is 2. The zero-order valence-corrected chi connectivity index (χ0v) is 12.2. The van der Waals surface area contributed by atoms with Crippen LogP contribution in [-0.4, -0.2) is 36.2 Å². The average molecular weight is 292 g/mol. The van der Waals surface area contributed by atoms with Crippen molar-refractivity contribution >= 4 is 17.5 Å². The van der Waals surface area contributed by atoms with Gasteiger partial charge < -0.3 is 20.5 Å². The van der Waals surface area contributed by atoms with E-state index < -0.39 is 6.10 Å². The van der Waals surface area contributed by atoms with E-state index in [2.05, 4.69) is 10.6 Å². The van der Waals surface area contributed by atoms with Gasteiger partial charge >= 0.3 is 0 Å². The van der Waals surface area contributed by atoms with Crippen LogP contribution in [0.3, 0.4) is 0 Å². The number of rotatable bonds is 5. The zero-order chi connectivity index (χ0) is 15.4. The van der Waals surface area contributed by atoms with Crippen molar-refractivity contribution in [3.8, 4) is 5.75 Å². The normalized spacial score (nSPS) is 15.0. The number of nitrogens with one attached hydrogen (secondary N) is 2. The first kappa shape index (κ1) is 15.3. The van der Waals surface area contributed by atoms with E-state index in [1.165, 1.54) is 0 Å². The van der Waals surface area contributed by atoms with E-state index in [4.69, 9.17) is 4.74 Å². The topological polar surface area (TPSA) is 87.7 Å². The van der Waals surface area contributed by atoms with Gasteiger partial charge in [0, 0.05) is 12.1 Å². The largest absolute Gasteiger partial charge is 0.482 e. The molecule has 3 N–H and O–H groups in total. The number of benzene rings is 1. The Morgan fingerprint density at radius 2 is 2.24 bits per heavy atom. The summed E-state index contributed by atoms with van der Waals surface area (Å²) < 4.78 is 5.26. The van der Waals surface area contributed by atoms with Gasteiger partial charge in [0.25, 0.3) is 11.8 Å². The second-order valence-corrected chi connectivity index (χ2v) is 5.54. The quantitative estimate of drug-likeness (QED) is 0.760. The van der Waals surface area contributed by atoms with Gasteiger partial charge in [0.05, 0.1) is 11.8 Å². The molecule has 1 atom stereocenters. The summed E-state index contributed by atoms with van der Waals surface area (Å²) in [7, 11) is 0. The van der Waals surface area contributed by atoms with E-state index in [1.54, 1.807) is 18.2 Å². The second kappa shape index (κ2) is 6.58. The Hall–Kier alpha value is -2.08. The van der Waals surface area contributed by atoms with Crippen LogP contribution in [0.4, 0.5) is 5.69 Å². The number of amides is 2. The zero-order valence-electron chi connectivity index (χ0n) is 12.2. The summed E-state index contributed by atoms with van der Waals surface area (Å²) in [5, 5.41) is 15.1. The fourth-order valence-electron chi connectivity index (χ4n) is 2.16. The third kappa shape index (κ3) is 4.19. The Morgan fingerprint density at radius 3 is 2.95 bits per heavy atom. The van der Waals surface area contributed by atoms with Crippen molar-refractivity contribution in [2.45, 2.75) is 26.4 Å². The molecule has 1 aromatic carbocycles. The molecule has 0 saturated carbocycles. The molecule has 2 amide bonds. The Kier molecular flexibility index (Phi) is 4.80. The number of aliphatic hydroxyl groups is 1. The lowest BCUT2D eigenvalue weighted by Gasteiger charge is -2.18. The van der Waals surface area contributed by atoms with Crippen LogP contribution in [0.1, 0.15) is 30.6 Å². The smallest absolute Gasteiger partial charge is 0.262 e. The summed E-state index contributed by atoms with van der Waals surface area (Å²) in [6, 6.07) is 4.82. The van der Waals surface area contributed by atoms with Crippen LogP contribution in [0.5, 0.6) is 5.75 Å². The van der Waals surface area contributed by atoms with Gasteiger partial charge in [0.15, 0.2) is 6.61 Å². The molecule has 0 aliphatic carbocycles. The first-order chi connectivity index (χ1) is 9.95. The Bertz CT molecular complexity index is 542. The van der Waals surface area contributed by atoms with E-state index >= 15 is 0 Å². The molecule has 21 heavy (non-hydrogen) atoms. The van der Waals surface area contributed by atoms with Crippen molar-refractivity contribution in [3.63, 3.8) is 0 Å². The number of fused-ring (bicyclic) bond motifs is 1. The predicted molar refractivity (Wildman–Crippen MR) is 78.4 cm³/mol. The third-order valence-electron chi connectivity index (χ3n) is 3.12. The highest BCUT2D eigenvalue weighted by Crippen LogP contribution is 2.28. The molecular formula is C15H20N2O4. The lowest BCUT2D eigenvalue weighted by atomic mass is 10.1. The van der Waals surface area contributed by atoms with Crippen LogP contribution in [0.25, 0.3) is 0 Å². The lowest BCUT2D eigenvalue weighted by molar-refractivity contribution is -0.118. The molecule has 0 bridgehead atoms. The van der Waals surface area contributed by atoms with Crippen LogP contribution >= 0.6 is 0 Å². The van der Waals surface area contributed by atoms with E-state index in [-0.39, 0.29) is 25.0 Å². The van der Waals surface area contributed by atoms with Gasteiger partial charge in [-0.3, -0.25) is 9.59 Å². The average Bonchev–Trinajstić information content (AvgIpc) is 2.43. The van der Waals surface area contributed by atoms with Crippen LogP contribution < -0.4 is 15.4 Å². The maximum atomic E-state index is 12.0. The van der Waals surface area contributed by atoms with E-state index in [1.807, 2.05) is 13.8 Å². The fourth-order valence-corrected chi connectivity index (χ4v) is 2.16. The minimum Gasteiger partial charge on any atom is -0.482 e. The number of carbonyl (C=O) groups excluding carboxylic acids is 2. The third-order valence-corrected chi connectivity index (χ3v) is 3.12. The molecule has 0 fully saturated rings. The summed E-state index contributed by atoms with van der Waals surface area (Å²) in [6.07, 6.45) is 0.0849. The summed E-state index contributed by atoms with van der Waals surface area (Å²) in [5.74, 6) is 0.361. The van der Waals surface area contributed by atoms with E-state index in [9.17, 15) is 14.7 Å². The van der Waals surface area contributed by atoms with Gasteiger partial charge in [-0.1, -0.05) is 13.8 Å². The second-order valence-electron chi connectivity index (χ2n) is 5.54. The standard InChI is InChI=1S/C15H20N2O4/c1-9(2)5-11(18)7-16-15(20)10-3-4-12-13(6-10)21-8-14(19)17-12/h3-4,6,9,11,18H,5,7-8H2,1-2H3,(H,16,20)(H,17,19). The van der Waals surface area contributed by atoms with Crippen LogP contribution in [0, 0.1) is 5.92 Å². The molecule has 0 saturated heterocycles. The molecule has 1 aromatic rings. The molecule has 1 aliphatic heterocycles. The number of hydrogen-bond donors (Lipinski definition) is 3. The molecule has 1 heterocycles. The number of hydrogen-bond acceptors (Lipinski definition) is 4. The van der Waals surface area contributed by atoms with Gasteiger partial charge in [-0.05, 0) is 30.5 Å². The molecule has 0 spiro atoms. The molecule has 0 aromatic heterocycles. The van der Waals surface area contributed by atoms with Gasteiger partial charge in [0.2, 0.25) is 0 Å². The Labute approximate surface area is 123 Å². The van der Waals surface area contributed by atoms with Gasteiger partial charge in [0.1, 0.15) is 5.75 Å². The molecular weight excluding hydrogens is 272 g/mol. The molecule has 0 radical (unpaired) electrons. The maximum absolute atomic E-state index is 12.0. The molecule has 2 rings (SSSR count). The lowest BCUT2D eigenvalue weighted by Crippen LogP contribution is -2.33. The minimum absolute atomic E-state index is 0.0504. The van der Waals surface area contributed by atoms with Crippen molar-refractivity contribution in [1.29, 1.82) is 0 Å². The highest BCUT2D eigenvalue weighted by Gasteiger charge is 2.18. The highest BCUT2D eigenvalue weighted by atomic mass is 16.5. The number of ether oxygens (including phenoxy) is 1. The van der Waals surface area contributed by atoms with Gasteiger partial charge in [-0.25, -0.2) is 0 Å². The summed E-state index contributed by atoms with van der Waals surface area (Å²) >= 11 is 0. The van der Waals surface area contributed by atoms with Crippen molar-refractivity contribution in [3.05, 3.63) is 23.8 Å². The SMILES string of the molecule is CC(C)CC(O)CNC(=O)c1ccc2c(c1)OCC(=O)N2. The van der Waals surface area contributed by atoms with E-state index in [0.717, 1.165) is 0 Å². The first-order valence-electron chi connectivity index (χ1n) is 6.98. The van der Waals surface area contributed by atoms with Crippen molar-refractivity contribution in [2.75, 3.05) is 18.5 Å². The maximum Gasteiger partial charge on any atom is 0.262 e. The molecule has 6 heteroatoms. The highest BCUT2D eigenvalue weighted by molar-refractivity contribution is 5.98. The monoisotopic (exact) mass is 292 g/mol. The van der Waals surface area contributed by atoms with Crippen LogP contribution in [-0.2, 0) is 4.79 Å². The molecule has 6 nitrogen and oxygen atoms in total. The molecule has 1 unspecified atom stereocenters. The van der Waals surface area contributed by atoms with Gasteiger partial charge in [-0.2, -0.15) is 0 Å². The first-order valence-corrected chi connectivity index (χ1v) is 6.98. The Morgan fingerprint density at radius 1 is 1.48 bits per heavy atom. The Balaban J connectivity index is 1.95. The minimum atomic E-state index is -0.554. The van der Waals surface area contributed by atoms with Crippen molar-refractivity contribution in [1.82, 2.24) is 5.32 Å². The predicted octanol–water partition coefficient (Wildman–Crippen LogP) is 1.15. The summed E-state index contributed by atoms with van der Waals surface area (Å²) in [5.41, 5.74) is 0.990. The van der Waals surface area contributed by atoms with Crippen LogP contribution in [0.2, 0.25) is 0 Å². The van der Waals surface area contributed by atoms with Crippen molar-refractivity contribution < 1.29 is 19.4 Å².